The Morgan fingerprint density at radius 2 is 1.21 bits per heavy atom. The van der Waals surface area contributed by atoms with E-state index in [9.17, 15) is 9.59 Å². The van der Waals surface area contributed by atoms with Crippen LogP contribution < -0.4 is 4.90 Å². The lowest BCUT2D eigenvalue weighted by Crippen LogP contribution is -2.49. The van der Waals surface area contributed by atoms with E-state index < -0.39 is 0 Å². The van der Waals surface area contributed by atoms with Gasteiger partial charge in [0.1, 0.15) is 6.61 Å². The maximum atomic E-state index is 13.6. The minimum absolute atomic E-state index is 0.00434. The molecule has 0 saturated carbocycles. The van der Waals surface area contributed by atoms with Crippen molar-refractivity contribution in [3.63, 3.8) is 0 Å². The maximum absolute atomic E-state index is 13.6. The lowest BCUT2D eigenvalue weighted by atomic mass is 10.0. The molecule has 1 saturated heterocycles. The number of hydrogen-bond acceptors (Lipinski definition) is 4. The Morgan fingerprint density at radius 3 is 1.74 bits per heavy atom. The topological polar surface area (TPSA) is 53.1 Å². The Balaban J connectivity index is 1.19. The number of likely N-dealkylation sites (tertiary alicyclic amines) is 1. The summed E-state index contributed by atoms with van der Waals surface area (Å²) in [5.41, 5.74) is 3.98. The minimum atomic E-state index is -0.291. The Bertz CT molecular complexity index is 1350. The van der Waals surface area contributed by atoms with E-state index in [4.69, 9.17) is 4.74 Å². The van der Waals surface area contributed by atoms with Crippen LogP contribution in [0.25, 0.3) is 0 Å². The molecule has 4 aromatic rings. The van der Waals surface area contributed by atoms with Crippen molar-refractivity contribution in [2.75, 3.05) is 24.6 Å². The van der Waals surface area contributed by atoms with E-state index in [-0.39, 0.29) is 24.1 Å². The summed E-state index contributed by atoms with van der Waals surface area (Å²) >= 11 is 0. The fourth-order valence-electron chi connectivity index (χ4n) is 5.50. The van der Waals surface area contributed by atoms with Crippen LogP contribution in [-0.2, 0) is 17.8 Å². The molecule has 2 amide bonds. The first kappa shape index (κ1) is 29.1. The number of nitrogens with zero attached hydrogens (tertiary/aromatic N) is 3. The minimum Gasteiger partial charge on any atom is -0.448 e. The van der Waals surface area contributed by atoms with Crippen molar-refractivity contribution in [2.24, 2.45) is 0 Å². The lowest BCUT2D eigenvalue weighted by Gasteiger charge is -2.38. The van der Waals surface area contributed by atoms with E-state index in [1.807, 2.05) is 77.7 Å². The maximum Gasteiger partial charge on any atom is 0.409 e. The predicted octanol–water partition coefficient (Wildman–Crippen LogP) is 7.03. The summed E-state index contributed by atoms with van der Waals surface area (Å²) in [7, 11) is 0. The van der Waals surface area contributed by atoms with Gasteiger partial charge in [0, 0.05) is 49.5 Å². The number of carbonyl (C=O) groups excluding carboxylic acids is 2. The molecule has 0 bridgehead atoms. The van der Waals surface area contributed by atoms with Gasteiger partial charge in [-0.25, -0.2) is 4.79 Å². The third-order valence-electron chi connectivity index (χ3n) is 7.89. The molecule has 1 aliphatic heterocycles. The van der Waals surface area contributed by atoms with Crippen molar-refractivity contribution >= 4 is 17.7 Å². The molecule has 0 N–H and O–H groups in total. The van der Waals surface area contributed by atoms with Gasteiger partial charge in [-0.05, 0) is 55.2 Å². The highest BCUT2D eigenvalue weighted by Gasteiger charge is 2.32. The molecule has 216 valence electrons. The Labute approximate surface area is 249 Å². The molecule has 0 spiro atoms. The first-order valence-electron chi connectivity index (χ1n) is 14.8. The lowest BCUT2D eigenvalue weighted by molar-refractivity contribution is 0.0585. The normalized spacial score (nSPS) is 14.4. The summed E-state index contributed by atoms with van der Waals surface area (Å²) in [4.78, 5) is 32.7. The van der Waals surface area contributed by atoms with Crippen LogP contribution in [0.1, 0.15) is 41.3 Å². The van der Waals surface area contributed by atoms with Gasteiger partial charge in [0.05, 0.1) is 0 Å². The highest BCUT2D eigenvalue weighted by atomic mass is 16.6. The average molecular weight is 562 g/mol. The molecule has 0 aromatic heterocycles. The third kappa shape index (κ3) is 7.65. The molecule has 0 radical (unpaired) electrons. The highest BCUT2D eigenvalue weighted by molar-refractivity contribution is 6.06. The van der Waals surface area contributed by atoms with Gasteiger partial charge in [0.15, 0.2) is 0 Å². The van der Waals surface area contributed by atoms with Crippen LogP contribution in [0.15, 0.2) is 121 Å². The number of rotatable bonds is 10. The second-order valence-electron chi connectivity index (χ2n) is 10.9. The Kier molecular flexibility index (Phi) is 10.0. The summed E-state index contributed by atoms with van der Waals surface area (Å²) in [6.45, 7) is 5.04. The van der Waals surface area contributed by atoms with Crippen molar-refractivity contribution in [3.8, 4) is 0 Å². The molecule has 6 nitrogen and oxygen atoms in total. The van der Waals surface area contributed by atoms with E-state index in [0.29, 0.717) is 38.1 Å². The number of carbonyl (C=O) groups is 2. The van der Waals surface area contributed by atoms with Gasteiger partial charge in [-0.3, -0.25) is 9.69 Å². The van der Waals surface area contributed by atoms with Crippen molar-refractivity contribution in [1.82, 2.24) is 9.80 Å². The van der Waals surface area contributed by atoms with Gasteiger partial charge < -0.3 is 14.5 Å². The second kappa shape index (κ2) is 14.5. The molecule has 6 heteroatoms. The molecule has 1 heterocycles. The van der Waals surface area contributed by atoms with Crippen molar-refractivity contribution in [3.05, 3.63) is 138 Å². The van der Waals surface area contributed by atoms with Gasteiger partial charge in [-0.15, -0.1) is 0 Å². The molecule has 5 rings (SSSR count). The molecular weight excluding hydrogens is 522 g/mol. The van der Waals surface area contributed by atoms with Gasteiger partial charge >= 0.3 is 6.09 Å². The fourth-order valence-corrected chi connectivity index (χ4v) is 5.50. The summed E-state index contributed by atoms with van der Waals surface area (Å²) in [6.07, 6.45) is 1.08. The van der Waals surface area contributed by atoms with E-state index in [2.05, 4.69) is 60.4 Å². The van der Waals surface area contributed by atoms with E-state index in [1.165, 1.54) is 11.1 Å². The Morgan fingerprint density at radius 1 is 0.738 bits per heavy atom. The third-order valence-corrected chi connectivity index (χ3v) is 7.89. The molecule has 0 unspecified atom stereocenters. The van der Waals surface area contributed by atoms with Crippen molar-refractivity contribution in [2.45, 2.75) is 44.9 Å². The summed E-state index contributed by atoms with van der Waals surface area (Å²) in [6, 6.07) is 40.0. The summed E-state index contributed by atoms with van der Waals surface area (Å²) < 4.78 is 5.86. The monoisotopic (exact) mass is 561 g/mol. The van der Waals surface area contributed by atoms with E-state index in [1.54, 1.807) is 4.90 Å². The van der Waals surface area contributed by atoms with Crippen LogP contribution in [0.4, 0.5) is 10.5 Å². The number of anilines is 1. The molecule has 42 heavy (non-hydrogen) atoms. The quantitative estimate of drug-likeness (QED) is 0.209. The predicted molar refractivity (Wildman–Crippen MR) is 167 cm³/mol. The van der Waals surface area contributed by atoms with Crippen molar-refractivity contribution < 1.29 is 14.3 Å². The zero-order valence-corrected chi connectivity index (χ0v) is 24.2. The molecule has 0 aliphatic carbocycles. The zero-order valence-electron chi connectivity index (χ0n) is 24.2. The van der Waals surface area contributed by atoms with Crippen LogP contribution in [-0.4, -0.2) is 53.6 Å². The number of hydrogen-bond donors (Lipinski definition) is 0. The molecule has 1 atom stereocenters. The zero-order chi connectivity index (χ0) is 29.1. The number of amides is 2. The molecule has 1 aliphatic rings. The second-order valence-corrected chi connectivity index (χ2v) is 10.9. The number of piperidine rings is 1. The largest absolute Gasteiger partial charge is 0.448 e. The first-order valence-corrected chi connectivity index (χ1v) is 14.8. The van der Waals surface area contributed by atoms with Gasteiger partial charge in [-0.1, -0.05) is 97.1 Å². The smallest absolute Gasteiger partial charge is 0.409 e. The molecule has 4 aromatic carbocycles. The number of benzene rings is 4. The highest BCUT2D eigenvalue weighted by Crippen LogP contribution is 2.26. The van der Waals surface area contributed by atoms with Crippen LogP contribution in [0.3, 0.4) is 0 Å². The summed E-state index contributed by atoms with van der Waals surface area (Å²) in [5.74, 6) is -0.0198. The Hall–Kier alpha value is -4.42. The van der Waals surface area contributed by atoms with Crippen LogP contribution >= 0.6 is 0 Å². The average Bonchev–Trinajstić information content (AvgIpc) is 3.05. The van der Waals surface area contributed by atoms with Crippen LogP contribution in [0.5, 0.6) is 0 Å². The first-order chi connectivity index (χ1) is 20.6. The number of ether oxygens (including phenoxy) is 1. The fraction of sp³-hybridized carbons (Fsp3) is 0.278. The summed E-state index contributed by atoms with van der Waals surface area (Å²) in [5, 5.41) is 0. The van der Waals surface area contributed by atoms with Gasteiger partial charge in [0.2, 0.25) is 0 Å². The number of para-hydroxylation sites is 1. The van der Waals surface area contributed by atoms with Gasteiger partial charge in [-0.2, -0.15) is 0 Å². The van der Waals surface area contributed by atoms with E-state index >= 15 is 0 Å². The van der Waals surface area contributed by atoms with Crippen LogP contribution in [0.2, 0.25) is 0 Å². The van der Waals surface area contributed by atoms with E-state index in [0.717, 1.165) is 18.8 Å². The SMILES string of the molecule is C[C@@H](COC(=O)N1CCC(N(C(=O)c2ccccc2)c2ccccc2)CC1)N(Cc1ccccc1)Cc1ccccc1. The standard InChI is InChI=1S/C36H39N3O3/c1-29(38(26-30-14-6-2-7-15-30)27-31-16-8-3-9-17-31)28-42-36(41)37-24-22-34(23-25-37)39(33-20-12-5-13-21-33)35(40)32-18-10-4-11-19-32/h2-21,29,34H,22-28H2,1H3/t29-/m0/s1. The molecular formula is C36H39N3O3. The van der Waals surface area contributed by atoms with Crippen LogP contribution in [0, 0.1) is 0 Å². The van der Waals surface area contributed by atoms with Crippen molar-refractivity contribution in [1.29, 1.82) is 0 Å². The van der Waals surface area contributed by atoms with Gasteiger partial charge in [0.25, 0.3) is 5.91 Å². The molecule has 1 fully saturated rings.